The highest BCUT2D eigenvalue weighted by molar-refractivity contribution is 5.76. The van der Waals surface area contributed by atoms with Crippen LogP contribution in [0, 0.1) is 0 Å². The predicted octanol–water partition coefficient (Wildman–Crippen LogP) is 1.91. The molecule has 1 aliphatic heterocycles. The van der Waals surface area contributed by atoms with Crippen molar-refractivity contribution in [3.8, 4) is 0 Å². The molecule has 0 aliphatic carbocycles. The highest BCUT2D eigenvalue weighted by atomic mass is 16.2. The summed E-state index contributed by atoms with van der Waals surface area (Å²) in [7, 11) is 0. The number of unbranched alkanes of at least 4 members (excludes halogenated alkanes) is 3. The number of amides is 1. The molecule has 1 unspecified atom stereocenters. The Hall–Kier alpha value is -0.570. The minimum atomic E-state index is 0.319. The van der Waals surface area contributed by atoms with E-state index in [1.807, 2.05) is 4.90 Å². The van der Waals surface area contributed by atoms with Gasteiger partial charge in [-0.3, -0.25) is 4.79 Å². The van der Waals surface area contributed by atoms with E-state index in [2.05, 4.69) is 6.92 Å². The lowest BCUT2D eigenvalue weighted by Crippen LogP contribution is -2.39. The van der Waals surface area contributed by atoms with Gasteiger partial charge in [0.05, 0.1) is 0 Å². The Bertz CT molecular complexity index is 194. The summed E-state index contributed by atoms with van der Waals surface area (Å²) in [5.41, 5.74) is 5.64. The van der Waals surface area contributed by atoms with Crippen LogP contribution in [-0.4, -0.2) is 29.9 Å². The number of nitrogens with zero attached hydrogens (tertiary/aromatic N) is 1. The first-order valence-corrected chi connectivity index (χ1v) is 6.29. The Morgan fingerprint density at radius 2 is 2.20 bits per heavy atom. The molecular weight excluding hydrogens is 188 g/mol. The second-order valence-electron chi connectivity index (χ2n) is 4.43. The van der Waals surface area contributed by atoms with E-state index in [1.54, 1.807) is 0 Å². The lowest BCUT2D eigenvalue weighted by molar-refractivity contribution is -0.131. The number of nitrogens with two attached hydrogens (primary N) is 1. The number of carbonyl (C=O) groups is 1. The maximum atomic E-state index is 11.8. The van der Waals surface area contributed by atoms with E-state index in [-0.39, 0.29) is 0 Å². The fourth-order valence-electron chi connectivity index (χ4n) is 2.26. The molecule has 15 heavy (non-hydrogen) atoms. The fourth-order valence-corrected chi connectivity index (χ4v) is 2.26. The third kappa shape index (κ3) is 3.82. The van der Waals surface area contributed by atoms with E-state index in [0.717, 1.165) is 32.2 Å². The van der Waals surface area contributed by atoms with Gasteiger partial charge in [-0.2, -0.15) is 0 Å². The summed E-state index contributed by atoms with van der Waals surface area (Å²) in [5, 5.41) is 0. The standard InChI is InChI=1S/C12H24N2O/c1-2-3-4-5-8-12(15)14-9-6-7-11(14)10-13/h11H,2-10,13H2,1H3. The van der Waals surface area contributed by atoms with E-state index in [0.29, 0.717) is 18.5 Å². The SMILES string of the molecule is CCCCCCC(=O)N1CCCC1CN. The first-order valence-electron chi connectivity index (χ1n) is 6.29. The van der Waals surface area contributed by atoms with E-state index in [9.17, 15) is 4.79 Å². The molecule has 1 aliphatic rings. The zero-order chi connectivity index (χ0) is 11.1. The van der Waals surface area contributed by atoms with Crippen molar-refractivity contribution in [2.45, 2.75) is 57.9 Å². The molecule has 1 rings (SSSR count). The molecule has 0 radical (unpaired) electrons. The number of hydrogen-bond acceptors (Lipinski definition) is 2. The summed E-state index contributed by atoms with van der Waals surface area (Å²) in [4.78, 5) is 13.8. The molecule has 1 saturated heterocycles. The van der Waals surface area contributed by atoms with Crippen molar-refractivity contribution in [3.05, 3.63) is 0 Å². The summed E-state index contributed by atoms with van der Waals surface area (Å²) in [6.07, 6.45) is 7.64. The maximum Gasteiger partial charge on any atom is 0.222 e. The second-order valence-corrected chi connectivity index (χ2v) is 4.43. The first kappa shape index (κ1) is 12.5. The van der Waals surface area contributed by atoms with Gasteiger partial charge < -0.3 is 10.6 Å². The van der Waals surface area contributed by atoms with Gasteiger partial charge in [-0.25, -0.2) is 0 Å². The summed E-state index contributed by atoms with van der Waals surface area (Å²) in [6, 6.07) is 0.323. The minimum Gasteiger partial charge on any atom is -0.338 e. The topological polar surface area (TPSA) is 46.3 Å². The molecule has 0 aromatic heterocycles. The maximum absolute atomic E-state index is 11.8. The molecule has 0 aromatic rings. The smallest absolute Gasteiger partial charge is 0.222 e. The summed E-state index contributed by atoms with van der Waals surface area (Å²) >= 11 is 0. The van der Waals surface area contributed by atoms with Crippen molar-refractivity contribution in [2.24, 2.45) is 5.73 Å². The molecule has 3 heteroatoms. The zero-order valence-electron chi connectivity index (χ0n) is 9.87. The molecule has 1 fully saturated rings. The van der Waals surface area contributed by atoms with Gasteiger partial charge in [0.25, 0.3) is 0 Å². The van der Waals surface area contributed by atoms with Gasteiger partial charge in [-0.15, -0.1) is 0 Å². The van der Waals surface area contributed by atoms with E-state index < -0.39 is 0 Å². The van der Waals surface area contributed by atoms with Crippen LogP contribution in [0.15, 0.2) is 0 Å². The van der Waals surface area contributed by atoms with Crippen LogP contribution in [0.3, 0.4) is 0 Å². The molecule has 0 spiro atoms. The minimum absolute atomic E-state index is 0.319. The monoisotopic (exact) mass is 212 g/mol. The Kier molecular flexibility index (Phi) is 5.69. The predicted molar refractivity (Wildman–Crippen MR) is 62.5 cm³/mol. The van der Waals surface area contributed by atoms with Gasteiger partial charge in [0.2, 0.25) is 5.91 Å². The molecule has 1 atom stereocenters. The van der Waals surface area contributed by atoms with Crippen LogP contribution in [0.5, 0.6) is 0 Å². The summed E-state index contributed by atoms with van der Waals surface area (Å²) in [5.74, 6) is 0.319. The molecule has 0 saturated carbocycles. The van der Waals surface area contributed by atoms with Crippen LogP contribution in [0.25, 0.3) is 0 Å². The van der Waals surface area contributed by atoms with Gasteiger partial charge in [0.1, 0.15) is 0 Å². The van der Waals surface area contributed by atoms with Crippen LogP contribution < -0.4 is 5.73 Å². The zero-order valence-corrected chi connectivity index (χ0v) is 9.87. The number of likely N-dealkylation sites (tertiary alicyclic amines) is 1. The third-order valence-corrected chi connectivity index (χ3v) is 3.21. The van der Waals surface area contributed by atoms with Gasteiger partial charge in [0, 0.05) is 25.6 Å². The molecule has 3 nitrogen and oxygen atoms in total. The van der Waals surface area contributed by atoms with Crippen molar-refractivity contribution in [3.63, 3.8) is 0 Å². The van der Waals surface area contributed by atoms with E-state index in [1.165, 1.54) is 19.3 Å². The fraction of sp³-hybridized carbons (Fsp3) is 0.917. The van der Waals surface area contributed by atoms with Crippen molar-refractivity contribution in [1.29, 1.82) is 0 Å². The highest BCUT2D eigenvalue weighted by Crippen LogP contribution is 2.18. The van der Waals surface area contributed by atoms with E-state index >= 15 is 0 Å². The largest absolute Gasteiger partial charge is 0.338 e. The van der Waals surface area contributed by atoms with Crippen LogP contribution in [0.4, 0.5) is 0 Å². The molecule has 1 heterocycles. The average molecular weight is 212 g/mol. The van der Waals surface area contributed by atoms with Crippen LogP contribution in [0.2, 0.25) is 0 Å². The van der Waals surface area contributed by atoms with Crippen molar-refractivity contribution in [2.75, 3.05) is 13.1 Å². The lowest BCUT2D eigenvalue weighted by atomic mass is 10.1. The van der Waals surface area contributed by atoms with Gasteiger partial charge in [0.15, 0.2) is 0 Å². The van der Waals surface area contributed by atoms with Gasteiger partial charge in [-0.1, -0.05) is 26.2 Å². The van der Waals surface area contributed by atoms with Gasteiger partial charge >= 0.3 is 0 Å². The Morgan fingerprint density at radius 3 is 2.87 bits per heavy atom. The van der Waals surface area contributed by atoms with Crippen molar-refractivity contribution >= 4 is 5.91 Å². The normalized spacial score (nSPS) is 20.9. The lowest BCUT2D eigenvalue weighted by Gasteiger charge is -2.23. The van der Waals surface area contributed by atoms with Gasteiger partial charge in [-0.05, 0) is 19.3 Å². The average Bonchev–Trinajstić information content (AvgIpc) is 2.72. The Labute approximate surface area is 93.0 Å². The number of carbonyl (C=O) groups excluding carboxylic acids is 1. The highest BCUT2D eigenvalue weighted by Gasteiger charge is 2.26. The molecule has 1 amide bonds. The van der Waals surface area contributed by atoms with Crippen LogP contribution in [-0.2, 0) is 4.79 Å². The van der Waals surface area contributed by atoms with Crippen LogP contribution in [0.1, 0.15) is 51.9 Å². The van der Waals surface area contributed by atoms with Crippen molar-refractivity contribution < 1.29 is 4.79 Å². The number of hydrogen-bond donors (Lipinski definition) is 1. The molecule has 0 bridgehead atoms. The quantitative estimate of drug-likeness (QED) is 0.684. The molecule has 0 aromatic carbocycles. The van der Waals surface area contributed by atoms with Crippen molar-refractivity contribution in [1.82, 2.24) is 4.90 Å². The molecular formula is C12H24N2O. The molecule has 88 valence electrons. The molecule has 2 N–H and O–H groups in total. The first-order chi connectivity index (χ1) is 7.29. The second kappa shape index (κ2) is 6.83. The summed E-state index contributed by atoms with van der Waals surface area (Å²) < 4.78 is 0. The Morgan fingerprint density at radius 1 is 1.40 bits per heavy atom. The number of rotatable bonds is 6. The third-order valence-electron chi connectivity index (χ3n) is 3.21. The Balaban J connectivity index is 2.21. The van der Waals surface area contributed by atoms with Crippen LogP contribution >= 0.6 is 0 Å². The summed E-state index contributed by atoms with van der Waals surface area (Å²) in [6.45, 7) is 3.74. The van der Waals surface area contributed by atoms with E-state index in [4.69, 9.17) is 5.73 Å².